The maximum atomic E-state index is 10.9. The van der Waals surface area contributed by atoms with E-state index in [-0.39, 0.29) is 12.0 Å². The van der Waals surface area contributed by atoms with Gasteiger partial charge in [0.05, 0.1) is 5.92 Å². The van der Waals surface area contributed by atoms with Crippen LogP contribution in [-0.4, -0.2) is 34.6 Å². The molecule has 3 nitrogen and oxygen atoms in total. The third-order valence-corrected chi connectivity index (χ3v) is 3.53. The van der Waals surface area contributed by atoms with Crippen LogP contribution in [0.25, 0.3) is 0 Å². The molecule has 1 rings (SSSR count). The minimum Gasteiger partial charge on any atom is -0.481 e. The van der Waals surface area contributed by atoms with Crippen LogP contribution in [0.1, 0.15) is 40.0 Å². The Labute approximate surface area is 86.1 Å². The third-order valence-electron chi connectivity index (χ3n) is 3.53. The average molecular weight is 199 g/mol. The second-order valence-electron chi connectivity index (χ2n) is 4.31. The molecule has 3 heteroatoms. The van der Waals surface area contributed by atoms with Crippen LogP contribution in [0.5, 0.6) is 0 Å². The number of nitrogens with zero attached hydrogens (tertiary/aromatic N) is 1. The zero-order valence-corrected chi connectivity index (χ0v) is 9.36. The molecule has 1 saturated heterocycles. The number of carboxylic acids is 1. The fourth-order valence-electron chi connectivity index (χ4n) is 2.33. The fourth-order valence-corrected chi connectivity index (χ4v) is 2.33. The lowest BCUT2D eigenvalue weighted by molar-refractivity contribution is -0.143. The molecule has 0 aromatic carbocycles. The molecule has 1 aliphatic rings. The number of likely N-dealkylation sites (tertiary alicyclic amines) is 1. The van der Waals surface area contributed by atoms with Gasteiger partial charge in [-0.15, -0.1) is 0 Å². The van der Waals surface area contributed by atoms with E-state index in [4.69, 9.17) is 5.11 Å². The van der Waals surface area contributed by atoms with E-state index in [0.717, 1.165) is 13.0 Å². The van der Waals surface area contributed by atoms with Gasteiger partial charge in [-0.05, 0) is 32.7 Å². The number of aliphatic carboxylic acids is 1. The lowest BCUT2D eigenvalue weighted by Crippen LogP contribution is -2.43. The zero-order valence-electron chi connectivity index (χ0n) is 9.36. The molecule has 0 aromatic rings. The molecule has 3 unspecified atom stereocenters. The molecular formula is C11H21NO2. The lowest BCUT2D eigenvalue weighted by Gasteiger charge is -2.32. The highest BCUT2D eigenvalue weighted by molar-refractivity contribution is 5.70. The Morgan fingerprint density at radius 3 is 2.71 bits per heavy atom. The molecule has 0 spiro atoms. The number of carboxylic acid groups (broad SMARTS) is 1. The molecule has 0 amide bonds. The topological polar surface area (TPSA) is 40.5 Å². The van der Waals surface area contributed by atoms with Crippen LogP contribution in [0, 0.1) is 5.92 Å². The average Bonchev–Trinajstić information content (AvgIpc) is 2.62. The van der Waals surface area contributed by atoms with Crippen molar-refractivity contribution < 1.29 is 9.90 Å². The second kappa shape index (κ2) is 4.78. The van der Waals surface area contributed by atoms with Gasteiger partial charge in [0, 0.05) is 12.1 Å². The van der Waals surface area contributed by atoms with Crippen molar-refractivity contribution in [3.8, 4) is 0 Å². The quantitative estimate of drug-likeness (QED) is 0.752. The first-order chi connectivity index (χ1) is 6.57. The van der Waals surface area contributed by atoms with Gasteiger partial charge in [0.1, 0.15) is 0 Å². The summed E-state index contributed by atoms with van der Waals surface area (Å²) in [6.07, 6.45) is 3.58. The molecule has 0 aliphatic carbocycles. The minimum absolute atomic E-state index is 0.167. The Kier molecular flexibility index (Phi) is 3.93. The van der Waals surface area contributed by atoms with Crippen molar-refractivity contribution in [2.24, 2.45) is 5.92 Å². The van der Waals surface area contributed by atoms with E-state index in [1.807, 2.05) is 6.92 Å². The molecular weight excluding hydrogens is 178 g/mol. The monoisotopic (exact) mass is 199 g/mol. The van der Waals surface area contributed by atoms with Crippen LogP contribution in [0.2, 0.25) is 0 Å². The van der Waals surface area contributed by atoms with Crippen LogP contribution in [0.15, 0.2) is 0 Å². The number of hydrogen-bond acceptors (Lipinski definition) is 2. The summed E-state index contributed by atoms with van der Waals surface area (Å²) in [5.74, 6) is -0.943. The van der Waals surface area contributed by atoms with Gasteiger partial charge >= 0.3 is 5.97 Å². The van der Waals surface area contributed by atoms with Gasteiger partial charge < -0.3 is 5.11 Å². The molecule has 3 atom stereocenters. The van der Waals surface area contributed by atoms with E-state index in [9.17, 15) is 4.79 Å². The molecule has 14 heavy (non-hydrogen) atoms. The number of hydrogen-bond donors (Lipinski definition) is 1. The van der Waals surface area contributed by atoms with Crippen LogP contribution in [0.4, 0.5) is 0 Å². The van der Waals surface area contributed by atoms with Gasteiger partial charge in [-0.2, -0.15) is 0 Å². The molecule has 82 valence electrons. The SMILES string of the molecule is CCC1CCCN1C(C)C(C)C(=O)O. The van der Waals surface area contributed by atoms with Crippen molar-refractivity contribution in [1.29, 1.82) is 0 Å². The van der Waals surface area contributed by atoms with E-state index in [2.05, 4.69) is 11.8 Å². The van der Waals surface area contributed by atoms with Crippen molar-refractivity contribution in [2.75, 3.05) is 6.54 Å². The molecule has 0 bridgehead atoms. The summed E-state index contributed by atoms with van der Waals surface area (Å²) in [5.41, 5.74) is 0. The summed E-state index contributed by atoms with van der Waals surface area (Å²) < 4.78 is 0. The van der Waals surface area contributed by atoms with Crippen molar-refractivity contribution >= 4 is 5.97 Å². The Bertz CT molecular complexity index is 205. The zero-order chi connectivity index (χ0) is 10.7. The van der Waals surface area contributed by atoms with Gasteiger partial charge in [0.15, 0.2) is 0 Å². The highest BCUT2D eigenvalue weighted by Gasteiger charge is 2.32. The van der Waals surface area contributed by atoms with Gasteiger partial charge in [-0.3, -0.25) is 9.69 Å². The fraction of sp³-hybridized carbons (Fsp3) is 0.909. The Hall–Kier alpha value is -0.570. The predicted octanol–water partition coefficient (Wildman–Crippen LogP) is 1.97. The van der Waals surface area contributed by atoms with E-state index < -0.39 is 5.97 Å². The smallest absolute Gasteiger partial charge is 0.307 e. The maximum absolute atomic E-state index is 10.9. The first kappa shape index (κ1) is 11.5. The Balaban J connectivity index is 2.58. The van der Waals surface area contributed by atoms with Gasteiger partial charge in [-0.1, -0.05) is 13.8 Å². The van der Waals surface area contributed by atoms with Gasteiger partial charge in [-0.25, -0.2) is 0 Å². The molecule has 1 heterocycles. The molecule has 1 fully saturated rings. The highest BCUT2D eigenvalue weighted by Crippen LogP contribution is 2.25. The summed E-state index contributed by atoms with van der Waals surface area (Å²) in [5, 5.41) is 8.95. The summed E-state index contributed by atoms with van der Waals surface area (Å²) >= 11 is 0. The number of carbonyl (C=O) groups is 1. The van der Waals surface area contributed by atoms with E-state index in [1.54, 1.807) is 6.92 Å². The normalized spacial score (nSPS) is 27.5. The van der Waals surface area contributed by atoms with Crippen molar-refractivity contribution in [3.63, 3.8) is 0 Å². The van der Waals surface area contributed by atoms with Crippen LogP contribution in [-0.2, 0) is 4.79 Å². The summed E-state index contributed by atoms with van der Waals surface area (Å²) in [6, 6.07) is 0.770. The molecule has 1 aliphatic heterocycles. The minimum atomic E-state index is -0.681. The van der Waals surface area contributed by atoms with Crippen molar-refractivity contribution in [2.45, 2.75) is 52.1 Å². The summed E-state index contributed by atoms with van der Waals surface area (Å²) in [6.45, 7) is 7.09. The van der Waals surface area contributed by atoms with Crippen LogP contribution in [0.3, 0.4) is 0 Å². The summed E-state index contributed by atoms with van der Waals surface area (Å²) in [7, 11) is 0. The van der Waals surface area contributed by atoms with Crippen LogP contribution >= 0.6 is 0 Å². The largest absolute Gasteiger partial charge is 0.481 e. The predicted molar refractivity (Wildman–Crippen MR) is 56.3 cm³/mol. The molecule has 0 saturated carbocycles. The molecule has 1 N–H and O–H groups in total. The second-order valence-corrected chi connectivity index (χ2v) is 4.31. The molecule has 0 aromatic heterocycles. The lowest BCUT2D eigenvalue weighted by atomic mass is 10.0. The van der Waals surface area contributed by atoms with Gasteiger partial charge in [0.25, 0.3) is 0 Å². The Morgan fingerprint density at radius 1 is 1.57 bits per heavy atom. The summed E-state index contributed by atoms with van der Waals surface area (Å²) in [4.78, 5) is 13.2. The first-order valence-corrected chi connectivity index (χ1v) is 5.56. The van der Waals surface area contributed by atoms with Crippen molar-refractivity contribution in [3.05, 3.63) is 0 Å². The third kappa shape index (κ3) is 2.27. The van der Waals surface area contributed by atoms with E-state index in [1.165, 1.54) is 12.8 Å². The van der Waals surface area contributed by atoms with E-state index in [0.29, 0.717) is 6.04 Å². The Morgan fingerprint density at radius 2 is 2.21 bits per heavy atom. The van der Waals surface area contributed by atoms with Crippen molar-refractivity contribution in [1.82, 2.24) is 4.90 Å². The maximum Gasteiger partial charge on any atom is 0.307 e. The standard InChI is InChI=1S/C11H21NO2/c1-4-10-6-5-7-12(10)9(3)8(2)11(13)14/h8-10H,4-7H2,1-3H3,(H,13,14). The number of rotatable bonds is 4. The van der Waals surface area contributed by atoms with E-state index >= 15 is 0 Å². The highest BCUT2D eigenvalue weighted by atomic mass is 16.4. The molecule has 0 radical (unpaired) electrons. The van der Waals surface area contributed by atoms with Crippen LogP contribution < -0.4 is 0 Å². The first-order valence-electron chi connectivity index (χ1n) is 5.56. The van der Waals surface area contributed by atoms with Gasteiger partial charge in [0.2, 0.25) is 0 Å².